The molecule has 112 valence electrons. The number of hydrogen-bond donors (Lipinski definition) is 2. The lowest BCUT2D eigenvalue weighted by Gasteiger charge is -2.31. The summed E-state index contributed by atoms with van der Waals surface area (Å²) in [5.41, 5.74) is -0.508. The summed E-state index contributed by atoms with van der Waals surface area (Å²) in [5, 5.41) is 3.16. The van der Waals surface area contributed by atoms with Gasteiger partial charge in [-0.2, -0.15) is 0 Å². The van der Waals surface area contributed by atoms with Gasteiger partial charge in [0.2, 0.25) is 0 Å². The van der Waals surface area contributed by atoms with Gasteiger partial charge in [-0.15, -0.1) is 0 Å². The average molecular weight is 293 g/mol. The second-order valence-electron chi connectivity index (χ2n) is 5.90. The van der Waals surface area contributed by atoms with Crippen molar-refractivity contribution in [3.8, 4) is 0 Å². The summed E-state index contributed by atoms with van der Waals surface area (Å²) in [6, 6.07) is 2.67. The zero-order valence-corrected chi connectivity index (χ0v) is 11.7. The van der Waals surface area contributed by atoms with Crippen LogP contribution in [-0.4, -0.2) is 27.6 Å². The second-order valence-corrected chi connectivity index (χ2v) is 5.90. The van der Waals surface area contributed by atoms with Gasteiger partial charge in [0.1, 0.15) is 22.8 Å². The normalized spacial score (nSPS) is 26.0. The van der Waals surface area contributed by atoms with Crippen LogP contribution in [0.1, 0.15) is 43.1 Å². The van der Waals surface area contributed by atoms with Crippen LogP contribution < -0.4 is 5.32 Å². The van der Waals surface area contributed by atoms with Gasteiger partial charge < -0.3 is 10.3 Å². The Morgan fingerprint density at radius 2 is 2.19 bits per heavy atom. The van der Waals surface area contributed by atoms with Gasteiger partial charge in [-0.1, -0.05) is 0 Å². The molecule has 2 aromatic rings. The Kier molecular flexibility index (Phi) is 3.39. The molecule has 1 amide bonds. The molecule has 0 atom stereocenters. The van der Waals surface area contributed by atoms with Crippen molar-refractivity contribution >= 4 is 16.9 Å². The topological polar surface area (TPSA) is 57.8 Å². The lowest BCUT2D eigenvalue weighted by Crippen LogP contribution is -2.40. The first-order valence-electron chi connectivity index (χ1n) is 7.08. The molecule has 1 saturated carbocycles. The second kappa shape index (κ2) is 5.09. The maximum Gasteiger partial charge on any atom is 0.267 e. The fourth-order valence-electron chi connectivity index (χ4n) is 2.74. The summed E-state index contributed by atoms with van der Waals surface area (Å²) in [6.07, 6.45) is 3.47. The molecule has 21 heavy (non-hydrogen) atoms. The van der Waals surface area contributed by atoms with Gasteiger partial charge in [0.15, 0.2) is 0 Å². The van der Waals surface area contributed by atoms with Crippen LogP contribution >= 0.6 is 0 Å². The first kappa shape index (κ1) is 14.0. The number of carbonyl (C=O) groups excluding carboxylic acids is 1. The van der Waals surface area contributed by atoms with Crippen molar-refractivity contribution in [2.75, 3.05) is 0 Å². The largest absolute Gasteiger partial charge is 0.348 e. The summed E-state index contributed by atoms with van der Waals surface area (Å²) in [7, 11) is 0. The molecule has 2 N–H and O–H groups in total. The predicted octanol–water partition coefficient (Wildman–Crippen LogP) is 3.10. The number of H-pyrrole nitrogens is 1. The first-order chi connectivity index (χ1) is 9.94. The summed E-state index contributed by atoms with van der Waals surface area (Å²) < 4.78 is 27.3. The summed E-state index contributed by atoms with van der Waals surface area (Å²) in [4.78, 5) is 19.0. The van der Waals surface area contributed by atoms with Crippen molar-refractivity contribution in [3.63, 3.8) is 0 Å². The summed E-state index contributed by atoms with van der Waals surface area (Å²) >= 11 is 0. The average Bonchev–Trinajstić information content (AvgIpc) is 2.87. The van der Waals surface area contributed by atoms with Crippen LogP contribution in [0.15, 0.2) is 18.3 Å². The molecule has 0 aromatic carbocycles. The molecule has 0 spiro atoms. The van der Waals surface area contributed by atoms with E-state index >= 15 is 0 Å². The standard InChI is InChI=1S/C15H17F2N3O/c1-15(17)5-2-9(3-6-15)19-14(21)12-8-10-11(16)4-7-18-13(10)20-12/h4,7-9H,2-3,5-6H2,1H3,(H,18,20)(H,19,21). The number of aromatic nitrogens is 2. The molecule has 0 radical (unpaired) electrons. The Hall–Kier alpha value is -1.98. The fraction of sp³-hybridized carbons (Fsp3) is 0.467. The number of halogens is 2. The van der Waals surface area contributed by atoms with Gasteiger partial charge in [0.05, 0.1) is 5.39 Å². The Bertz CT molecular complexity index is 671. The number of amides is 1. The molecule has 0 saturated heterocycles. The van der Waals surface area contributed by atoms with Crippen molar-refractivity contribution in [1.82, 2.24) is 15.3 Å². The number of fused-ring (bicyclic) bond motifs is 1. The molecule has 6 heteroatoms. The minimum absolute atomic E-state index is 0.0365. The van der Waals surface area contributed by atoms with E-state index in [1.807, 2.05) is 0 Å². The number of hydrogen-bond acceptors (Lipinski definition) is 2. The smallest absolute Gasteiger partial charge is 0.267 e. The zero-order chi connectivity index (χ0) is 15.0. The molecule has 0 aliphatic heterocycles. The fourth-order valence-corrected chi connectivity index (χ4v) is 2.74. The Balaban J connectivity index is 1.71. The van der Waals surface area contributed by atoms with Crippen LogP contribution in [0.2, 0.25) is 0 Å². The third kappa shape index (κ3) is 2.89. The molecule has 1 aliphatic rings. The molecule has 2 heterocycles. The van der Waals surface area contributed by atoms with Crippen LogP contribution in [0.3, 0.4) is 0 Å². The number of carbonyl (C=O) groups is 1. The van der Waals surface area contributed by atoms with E-state index in [4.69, 9.17) is 0 Å². The van der Waals surface area contributed by atoms with Gasteiger partial charge in [-0.3, -0.25) is 4.79 Å². The number of alkyl halides is 1. The van der Waals surface area contributed by atoms with Crippen LogP contribution in [-0.2, 0) is 0 Å². The molecular formula is C15H17F2N3O. The molecule has 1 aliphatic carbocycles. The Morgan fingerprint density at radius 3 is 2.86 bits per heavy atom. The van der Waals surface area contributed by atoms with Crippen molar-refractivity contribution in [2.24, 2.45) is 0 Å². The highest BCUT2D eigenvalue weighted by Gasteiger charge is 2.31. The van der Waals surface area contributed by atoms with Gasteiger partial charge >= 0.3 is 0 Å². The minimum Gasteiger partial charge on any atom is -0.348 e. The first-order valence-corrected chi connectivity index (χ1v) is 7.08. The monoisotopic (exact) mass is 293 g/mol. The molecule has 0 bridgehead atoms. The van der Waals surface area contributed by atoms with Crippen molar-refractivity contribution in [2.45, 2.75) is 44.3 Å². The van der Waals surface area contributed by atoms with E-state index in [1.165, 1.54) is 18.3 Å². The Labute approximate surface area is 120 Å². The minimum atomic E-state index is -1.13. The highest BCUT2D eigenvalue weighted by Crippen LogP contribution is 2.31. The molecule has 4 nitrogen and oxygen atoms in total. The van der Waals surface area contributed by atoms with Gasteiger partial charge in [0.25, 0.3) is 5.91 Å². The van der Waals surface area contributed by atoms with Gasteiger partial charge in [0, 0.05) is 12.2 Å². The van der Waals surface area contributed by atoms with E-state index in [2.05, 4.69) is 15.3 Å². The van der Waals surface area contributed by atoms with Crippen molar-refractivity contribution < 1.29 is 13.6 Å². The maximum absolute atomic E-state index is 13.7. The lowest BCUT2D eigenvalue weighted by atomic mass is 9.85. The quantitative estimate of drug-likeness (QED) is 0.894. The summed E-state index contributed by atoms with van der Waals surface area (Å²) in [5.74, 6) is -0.721. The number of nitrogens with zero attached hydrogens (tertiary/aromatic N) is 1. The Morgan fingerprint density at radius 1 is 1.48 bits per heavy atom. The van der Waals surface area contributed by atoms with E-state index in [1.54, 1.807) is 6.92 Å². The highest BCUT2D eigenvalue weighted by atomic mass is 19.1. The molecule has 0 unspecified atom stereocenters. The highest BCUT2D eigenvalue weighted by molar-refractivity contribution is 5.97. The maximum atomic E-state index is 13.7. The van der Waals surface area contributed by atoms with E-state index in [0.717, 1.165) is 0 Å². The van der Waals surface area contributed by atoms with Gasteiger partial charge in [-0.05, 0) is 44.7 Å². The molecule has 2 aromatic heterocycles. The number of aromatic amines is 1. The van der Waals surface area contributed by atoms with Crippen LogP contribution in [0.25, 0.3) is 11.0 Å². The SMILES string of the molecule is CC1(F)CCC(NC(=O)c2cc3c(F)ccnc3[nH]2)CC1. The van der Waals surface area contributed by atoms with Crippen molar-refractivity contribution in [1.29, 1.82) is 0 Å². The molecule has 1 fully saturated rings. The van der Waals surface area contributed by atoms with Crippen LogP contribution in [0.4, 0.5) is 8.78 Å². The summed E-state index contributed by atoms with van der Waals surface area (Å²) in [6.45, 7) is 1.59. The number of nitrogens with one attached hydrogen (secondary N) is 2. The zero-order valence-electron chi connectivity index (χ0n) is 11.7. The third-order valence-corrected chi connectivity index (χ3v) is 4.09. The van der Waals surface area contributed by atoms with E-state index in [0.29, 0.717) is 36.7 Å². The number of pyridine rings is 1. The predicted molar refractivity (Wildman–Crippen MR) is 75.3 cm³/mol. The number of rotatable bonds is 2. The van der Waals surface area contributed by atoms with E-state index in [9.17, 15) is 13.6 Å². The van der Waals surface area contributed by atoms with Crippen molar-refractivity contribution in [3.05, 3.63) is 29.8 Å². The van der Waals surface area contributed by atoms with Crippen LogP contribution in [0.5, 0.6) is 0 Å². The van der Waals surface area contributed by atoms with Gasteiger partial charge in [-0.25, -0.2) is 13.8 Å². The molecular weight excluding hydrogens is 276 g/mol. The lowest BCUT2D eigenvalue weighted by molar-refractivity contribution is 0.0846. The van der Waals surface area contributed by atoms with Crippen LogP contribution in [0, 0.1) is 5.82 Å². The molecule has 3 rings (SSSR count). The van der Waals surface area contributed by atoms with E-state index in [-0.39, 0.29) is 17.6 Å². The third-order valence-electron chi connectivity index (χ3n) is 4.09. The van der Waals surface area contributed by atoms with E-state index < -0.39 is 11.5 Å².